The maximum atomic E-state index is 14.7. The molecule has 9 nitrogen and oxygen atoms in total. The summed E-state index contributed by atoms with van der Waals surface area (Å²) in [7, 11) is -4.20. The standard InChI is InChI=1S/C23H27ClF2N2O5S.CH2O2/c1-16(15-33-23(30)28-10-8-27(9-11-28)12-13-29)22(20-14-18(25)4-7-21(20)26)34(31,32)19-5-2-17(24)3-6-19;2-1-3/h2-7,14,16,22,29H,8-13,15H2,1H3;1H,(H,2,3)/t16-,22+;/m1./s1. The second kappa shape index (κ2) is 14.2. The number of halogens is 3. The maximum absolute atomic E-state index is 14.7. The lowest BCUT2D eigenvalue weighted by Crippen LogP contribution is -2.49. The Bertz CT molecular complexity index is 1140. The van der Waals surface area contributed by atoms with Crippen LogP contribution in [0.3, 0.4) is 0 Å². The summed E-state index contributed by atoms with van der Waals surface area (Å²) < 4.78 is 61.0. The van der Waals surface area contributed by atoms with E-state index in [0.717, 1.165) is 18.2 Å². The van der Waals surface area contributed by atoms with Gasteiger partial charge in [0.1, 0.15) is 11.6 Å². The molecule has 2 aromatic carbocycles. The minimum atomic E-state index is -4.20. The lowest BCUT2D eigenvalue weighted by molar-refractivity contribution is -0.122. The van der Waals surface area contributed by atoms with Crippen molar-refractivity contribution in [2.24, 2.45) is 5.92 Å². The van der Waals surface area contributed by atoms with E-state index in [0.29, 0.717) is 37.7 Å². The Balaban J connectivity index is 0.00000153. The van der Waals surface area contributed by atoms with Crippen molar-refractivity contribution in [3.8, 4) is 0 Å². The number of aliphatic hydroxyl groups excluding tert-OH is 1. The molecule has 1 heterocycles. The number of ether oxygens (including phenoxy) is 1. The van der Waals surface area contributed by atoms with E-state index in [2.05, 4.69) is 0 Å². The number of carboxylic acid groups (broad SMARTS) is 1. The fourth-order valence-corrected chi connectivity index (χ4v) is 6.10. The van der Waals surface area contributed by atoms with E-state index in [4.69, 9.17) is 31.3 Å². The number of carbonyl (C=O) groups is 2. The van der Waals surface area contributed by atoms with Crippen LogP contribution in [0.25, 0.3) is 0 Å². The van der Waals surface area contributed by atoms with Gasteiger partial charge in [-0.15, -0.1) is 0 Å². The van der Waals surface area contributed by atoms with Gasteiger partial charge in [-0.25, -0.2) is 22.0 Å². The van der Waals surface area contributed by atoms with Gasteiger partial charge in [0.2, 0.25) is 0 Å². The van der Waals surface area contributed by atoms with Gasteiger partial charge in [0.15, 0.2) is 9.84 Å². The monoisotopic (exact) mass is 562 g/mol. The van der Waals surface area contributed by atoms with Crippen LogP contribution in [0.5, 0.6) is 0 Å². The molecule has 2 atom stereocenters. The SMILES string of the molecule is C[C@H](COC(=O)N1CCN(CCO)CC1)[C@@H](c1cc(F)ccc1F)S(=O)(=O)c1ccc(Cl)cc1.O=CO. The highest BCUT2D eigenvalue weighted by Crippen LogP contribution is 2.37. The molecule has 0 spiro atoms. The Labute approximate surface area is 219 Å². The minimum absolute atomic E-state index is 0.0298. The maximum Gasteiger partial charge on any atom is 0.409 e. The summed E-state index contributed by atoms with van der Waals surface area (Å²) in [4.78, 5) is 24.3. The lowest BCUT2D eigenvalue weighted by Gasteiger charge is -2.34. The molecule has 1 saturated heterocycles. The smallest absolute Gasteiger partial charge is 0.409 e. The quantitative estimate of drug-likeness (QED) is 0.470. The molecule has 0 bridgehead atoms. The third-order valence-corrected chi connectivity index (χ3v) is 8.34. The van der Waals surface area contributed by atoms with Crippen LogP contribution in [-0.2, 0) is 19.4 Å². The largest absolute Gasteiger partial charge is 0.483 e. The Kier molecular flexibility index (Phi) is 11.7. The first-order valence-corrected chi connectivity index (χ1v) is 13.2. The number of hydrogen-bond acceptors (Lipinski definition) is 7. The van der Waals surface area contributed by atoms with Crippen LogP contribution in [0, 0.1) is 17.6 Å². The van der Waals surface area contributed by atoms with Crippen LogP contribution in [0.1, 0.15) is 17.7 Å². The van der Waals surface area contributed by atoms with E-state index in [1.807, 2.05) is 4.90 Å². The first-order chi connectivity index (χ1) is 17.5. The zero-order chi connectivity index (χ0) is 27.6. The zero-order valence-electron chi connectivity index (χ0n) is 20.1. The summed E-state index contributed by atoms with van der Waals surface area (Å²) in [5, 5.41) is 14.7. The number of benzene rings is 2. The number of piperazine rings is 1. The zero-order valence-corrected chi connectivity index (χ0v) is 21.7. The molecule has 0 saturated carbocycles. The Morgan fingerprint density at radius 3 is 2.30 bits per heavy atom. The van der Waals surface area contributed by atoms with E-state index in [-0.39, 0.29) is 30.1 Å². The molecule has 0 radical (unpaired) electrons. The van der Waals surface area contributed by atoms with Gasteiger partial charge < -0.3 is 19.8 Å². The number of hydrogen-bond donors (Lipinski definition) is 2. The van der Waals surface area contributed by atoms with E-state index in [1.54, 1.807) is 0 Å². The molecular formula is C24H29ClF2N2O7S. The molecule has 0 unspecified atom stereocenters. The van der Waals surface area contributed by atoms with Crippen LogP contribution in [0.15, 0.2) is 47.4 Å². The van der Waals surface area contributed by atoms with E-state index >= 15 is 0 Å². The summed E-state index contributed by atoms with van der Waals surface area (Å²) >= 11 is 5.87. The van der Waals surface area contributed by atoms with Crippen LogP contribution < -0.4 is 0 Å². The molecule has 13 heteroatoms. The molecule has 0 aromatic heterocycles. The number of aliphatic hydroxyl groups is 1. The van der Waals surface area contributed by atoms with Gasteiger partial charge in [0, 0.05) is 49.2 Å². The normalized spacial score (nSPS) is 15.8. The van der Waals surface area contributed by atoms with E-state index in [9.17, 15) is 22.0 Å². The van der Waals surface area contributed by atoms with Crippen molar-refractivity contribution in [1.29, 1.82) is 0 Å². The van der Waals surface area contributed by atoms with Crippen LogP contribution in [0.2, 0.25) is 5.02 Å². The Morgan fingerprint density at radius 2 is 1.73 bits per heavy atom. The molecule has 1 fully saturated rings. The van der Waals surface area contributed by atoms with Crippen LogP contribution in [-0.4, -0.2) is 86.9 Å². The third kappa shape index (κ3) is 8.35. The third-order valence-electron chi connectivity index (χ3n) is 5.77. The summed E-state index contributed by atoms with van der Waals surface area (Å²) in [5.74, 6) is -2.55. The van der Waals surface area contributed by atoms with Crippen molar-refractivity contribution in [2.75, 3.05) is 45.9 Å². The van der Waals surface area contributed by atoms with Gasteiger partial charge in [0.25, 0.3) is 6.47 Å². The summed E-state index contributed by atoms with van der Waals surface area (Å²) in [6, 6.07) is 8.03. The first-order valence-electron chi connectivity index (χ1n) is 11.3. The second-order valence-corrected chi connectivity index (χ2v) is 10.8. The highest BCUT2D eigenvalue weighted by molar-refractivity contribution is 7.91. The number of sulfone groups is 1. The fraction of sp³-hybridized carbons (Fsp3) is 0.417. The lowest BCUT2D eigenvalue weighted by atomic mass is 10.0. The predicted octanol–water partition coefficient (Wildman–Crippen LogP) is 3.22. The van der Waals surface area contributed by atoms with Crippen LogP contribution >= 0.6 is 11.6 Å². The van der Waals surface area contributed by atoms with E-state index < -0.39 is 38.7 Å². The molecule has 37 heavy (non-hydrogen) atoms. The molecule has 2 N–H and O–H groups in total. The molecule has 1 aliphatic heterocycles. The number of β-amino-alcohol motifs (C(OH)–C–C–N with tert-alkyl or cyclic N) is 1. The number of rotatable bonds is 8. The molecule has 0 aliphatic carbocycles. The van der Waals surface area contributed by atoms with E-state index in [1.165, 1.54) is 36.1 Å². The number of amides is 1. The van der Waals surface area contributed by atoms with Crippen molar-refractivity contribution < 1.29 is 41.7 Å². The van der Waals surface area contributed by atoms with Gasteiger partial charge in [0.05, 0.1) is 23.4 Å². The molecule has 204 valence electrons. The second-order valence-electron chi connectivity index (χ2n) is 8.30. The topological polar surface area (TPSA) is 124 Å². The number of nitrogens with zero attached hydrogens (tertiary/aromatic N) is 2. The van der Waals surface area contributed by atoms with Crippen LogP contribution in [0.4, 0.5) is 13.6 Å². The van der Waals surface area contributed by atoms with Crippen molar-refractivity contribution in [1.82, 2.24) is 9.80 Å². The molecule has 1 aliphatic rings. The predicted molar refractivity (Wildman–Crippen MR) is 132 cm³/mol. The van der Waals surface area contributed by atoms with Gasteiger partial charge in [-0.3, -0.25) is 9.69 Å². The molecule has 2 aromatic rings. The average molecular weight is 563 g/mol. The van der Waals surface area contributed by atoms with Gasteiger partial charge in [-0.2, -0.15) is 0 Å². The highest BCUT2D eigenvalue weighted by atomic mass is 35.5. The minimum Gasteiger partial charge on any atom is -0.483 e. The fourth-order valence-electron chi connectivity index (χ4n) is 3.96. The summed E-state index contributed by atoms with van der Waals surface area (Å²) in [5.41, 5.74) is -0.337. The summed E-state index contributed by atoms with van der Waals surface area (Å²) in [6.07, 6.45) is -0.613. The molecule has 3 rings (SSSR count). The molecule has 1 amide bonds. The van der Waals surface area contributed by atoms with Crippen molar-refractivity contribution in [3.05, 3.63) is 64.7 Å². The highest BCUT2D eigenvalue weighted by Gasteiger charge is 2.37. The Morgan fingerprint density at radius 1 is 1.14 bits per heavy atom. The van der Waals surface area contributed by atoms with Crippen molar-refractivity contribution >= 4 is 34.0 Å². The molecular weight excluding hydrogens is 534 g/mol. The van der Waals surface area contributed by atoms with Crippen molar-refractivity contribution in [3.63, 3.8) is 0 Å². The van der Waals surface area contributed by atoms with Gasteiger partial charge >= 0.3 is 6.09 Å². The van der Waals surface area contributed by atoms with Gasteiger partial charge in [-0.05, 0) is 42.5 Å². The first kappa shape index (κ1) is 30.4. The summed E-state index contributed by atoms with van der Waals surface area (Å²) in [6.45, 7) is 3.45. The average Bonchev–Trinajstić information content (AvgIpc) is 2.86. The number of carbonyl (C=O) groups excluding carboxylic acids is 1. The van der Waals surface area contributed by atoms with Gasteiger partial charge in [-0.1, -0.05) is 18.5 Å². The van der Waals surface area contributed by atoms with Crippen molar-refractivity contribution in [2.45, 2.75) is 17.1 Å². The Hall–Kier alpha value is -2.80.